The highest BCUT2D eigenvalue weighted by molar-refractivity contribution is 7.11. The van der Waals surface area contributed by atoms with Gasteiger partial charge in [0.1, 0.15) is 10.4 Å². The van der Waals surface area contributed by atoms with Crippen LogP contribution in [0.1, 0.15) is 35.0 Å². The Balaban J connectivity index is 1.92. The van der Waals surface area contributed by atoms with E-state index >= 15 is 0 Å². The van der Waals surface area contributed by atoms with Crippen molar-refractivity contribution < 1.29 is 4.42 Å². The number of nitrogens with one attached hydrogen (secondary N) is 1. The van der Waals surface area contributed by atoms with E-state index in [-0.39, 0.29) is 5.38 Å². The molecule has 1 atom stereocenters. The van der Waals surface area contributed by atoms with Crippen LogP contribution in [0.2, 0.25) is 0 Å². The van der Waals surface area contributed by atoms with E-state index in [1.54, 1.807) is 18.3 Å². The first-order chi connectivity index (χ1) is 8.19. The predicted octanol–water partition coefficient (Wildman–Crippen LogP) is 3.00. The van der Waals surface area contributed by atoms with Crippen LogP contribution in [-0.4, -0.2) is 15.2 Å². The van der Waals surface area contributed by atoms with Crippen LogP contribution < -0.4 is 5.32 Å². The summed E-state index contributed by atoms with van der Waals surface area (Å²) in [5.41, 5.74) is 0. The van der Waals surface area contributed by atoms with Crippen LogP contribution in [-0.2, 0) is 13.0 Å². The highest BCUT2D eigenvalue weighted by Crippen LogP contribution is 2.20. The van der Waals surface area contributed by atoms with E-state index in [9.17, 15) is 0 Å². The number of thiazole rings is 1. The highest BCUT2D eigenvalue weighted by Gasteiger charge is 2.11. The highest BCUT2D eigenvalue weighted by atomic mass is 35.5. The maximum Gasteiger partial charge on any atom is 0.315 e. The molecular weight excluding hydrogens is 260 g/mol. The first-order valence-corrected chi connectivity index (χ1v) is 6.59. The zero-order valence-electron chi connectivity index (χ0n) is 9.61. The molecule has 0 saturated carbocycles. The van der Waals surface area contributed by atoms with Crippen molar-refractivity contribution in [1.29, 1.82) is 0 Å². The summed E-state index contributed by atoms with van der Waals surface area (Å²) in [6, 6.07) is 0.376. The number of rotatable bonds is 5. The Labute approximate surface area is 108 Å². The summed E-state index contributed by atoms with van der Waals surface area (Å²) in [5, 5.41) is 11.4. The fourth-order valence-electron chi connectivity index (χ4n) is 1.21. The van der Waals surface area contributed by atoms with Crippen molar-refractivity contribution in [1.82, 2.24) is 15.2 Å². The van der Waals surface area contributed by atoms with Crippen LogP contribution >= 0.6 is 22.9 Å². The van der Waals surface area contributed by atoms with Crippen LogP contribution in [0.3, 0.4) is 0 Å². The summed E-state index contributed by atoms with van der Waals surface area (Å²) in [4.78, 5) is 5.55. The third-order valence-corrected chi connectivity index (χ3v) is 3.45. The van der Waals surface area contributed by atoms with Crippen molar-refractivity contribution in [3.8, 4) is 0 Å². The lowest BCUT2D eigenvalue weighted by Gasteiger charge is -1.97. The van der Waals surface area contributed by atoms with Gasteiger partial charge in [-0.15, -0.1) is 28.0 Å². The van der Waals surface area contributed by atoms with Gasteiger partial charge >= 0.3 is 6.01 Å². The number of aryl methyl sites for hydroxylation is 1. The summed E-state index contributed by atoms with van der Waals surface area (Å²) >= 11 is 7.50. The quantitative estimate of drug-likeness (QED) is 0.848. The molecule has 0 radical (unpaired) electrons. The van der Waals surface area contributed by atoms with Crippen LogP contribution in [0.4, 0.5) is 6.01 Å². The number of hydrogen-bond donors (Lipinski definition) is 1. The van der Waals surface area contributed by atoms with Gasteiger partial charge in [-0.25, -0.2) is 4.98 Å². The molecule has 92 valence electrons. The van der Waals surface area contributed by atoms with Crippen molar-refractivity contribution in [2.45, 2.75) is 32.2 Å². The van der Waals surface area contributed by atoms with E-state index in [0.717, 1.165) is 11.4 Å². The Bertz CT molecular complexity index is 482. The standard InChI is InChI=1S/C10H13ClN4OS/c1-3-7-4-12-8(17-7)5-13-10-15-14-9(16-10)6(2)11/h4,6H,3,5H2,1-2H3,(H,13,15). The third-order valence-electron chi connectivity index (χ3n) is 2.12. The molecule has 7 heteroatoms. The van der Waals surface area contributed by atoms with E-state index in [0.29, 0.717) is 18.5 Å². The Kier molecular flexibility index (Phi) is 3.96. The molecule has 0 aliphatic heterocycles. The summed E-state index contributed by atoms with van der Waals surface area (Å²) in [7, 11) is 0. The summed E-state index contributed by atoms with van der Waals surface area (Å²) in [6.45, 7) is 4.48. The number of hydrogen-bond acceptors (Lipinski definition) is 6. The largest absolute Gasteiger partial charge is 0.406 e. The molecule has 0 aromatic carbocycles. The molecule has 2 rings (SSSR count). The minimum absolute atomic E-state index is 0.274. The predicted molar refractivity (Wildman–Crippen MR) is 67.4 cm³/mol. The van der Waals surface area contributed by atoms with Gasteiger partial charge in [-0.3, -0.25) is 0 Å². The van der Waals surface area contributed by atoms with Crippen LogP contribution in [0.15, 0.2) is 10.6 Å². The SMILES string of the molecule is CCc1cnc(CNc2nnc(C(C)Cl)o2)s1. The average molecular weight is 273 g/mol. The van der Waals surface area contributed by atoms with Gasteiger partial charge in [0.25, 0.3) is 0 Å². The normalized spacial score (nSPS) is 12.6. The molecule has 17 heavy (non-hydrogen) atoms. The average Bonchev–Trinajstić information content (AvgIpc) is 2.95. The monoisotopic (exact) mass is 272 g/mol. The van der Waals surface area contributed by atoms with Gasteiger partial charge in [0.05, 0.1) is 6.54 Å². The van der Waals surface area contributed by atoms with E-state index in [1.165, 1.54) is 4.88 Å². The minimum atomic E-state index is -0.274. The lowest BCUT2D eigenvalue weighted by molar-refractivity contribution is 0.505. The van der Waals surface area contributed by atoms with E-state index < -0.39 is 0 Å². The molecular formula is C10H13ClN4OS. The molecule has 0 spiro atoms. The van der Waals surface area contributed by atoms with Crippen molar-refractivity contribution in [2.75, 3.05) is 5.32 Å². The second kappa shape index (κ2) is 5.46. The zero-order valence-corrected chi connectivity index (χ0v) is 11.2. The molecule has 0 aliphatic rings. The molecule has 2 aromatic heterocycles. The fraction of sp³-hybridized carbons (Fsp3) is 0.500. The lowest BCUT2D eigenvalue weighted by atomic mass is 10.4. The third kappa shape index (κ3) is 3.17. The molecule has 0 saturated heterocycles. The van der Waals surface area contributed by atoms with Crippen LogP contribution in [0.5, 0.6) is 0 Å². The van der Waals surface area contributed by atoms with Gasteiger partial charge in [-0.2, -0.15) is 0 Å². The molecule has 0 amide bonds. The first-order valence-electron chi connectivity index (χ1n) is 5.34. The first kappa shape index (κ1) is 12.3. The topological polar surface area (TPSA) is 63.8 Å². The molecule has 2 aromatic rings. The molecule has 1 unspecified atom stereocenters. The molecule has 0 fully saturated rings. The molecule has 0 bridgehead atoms. The number of anilines is 1. The van der Waals surface area contributed by atoms with E-state index in [4.69, 9.17) is 16.0 Å². The lowest BCUT2D eigenvalue weighted by Crippen LogP contribution is -1.98. The zero-order chi connectivity index (χ0) is 12.3. The summed E-state index contributed by atoms with van der Waals surface area (Å²) < 4.78 is 5.31. The van der Waals surface area contributed by atoms with Crippen LogP contribution in [0.25, 0.3) is 0 Å². The number of aromatic nitrogens is 3. The van der Waals surface area contributed by atoms with Crippen molar-refractivity contribution >= 4 is 29.0 Å². The van der Waals surface area contributed by atoms with Gasteiger partial charge in [-0.05, 0) is 13.3 Å². The number of alkyl halides is 1. The Morgan fingerprint density at radius 1 is 1.53 bits per heavy atom. The van der Waals surface area contributed by atoms with Crippen LogP contribution in [0, 0.1) is 0 Å². The maximum atomic E-state index is 5.82. The van der Waals surface area contributed by atoms with Gasteiger partial charge in [0.15, 0.2) is 0 Å². The minimum Gasteiger partial charge on any atom is -0.406 e. The number of nitrogens with zero attached hydrogens (tertiary/aromatic N) is 3. The fourth-order valence-corrected chi connectivity index (χ4v) is 2.10. The Morgan fingerprint density at radius 3 is 2.94 bits per heavy atom. The Hall–Kier alpha value is -1.14. The molecule has 2 heterocycles. The molecule has 5 nitrogen and oxygen atoms in total. The van der Waals surface area contributed by atoms with Gasteiger partial charge in [-0.1, -0.05) is 12.0 Å². The molecule has 0 aliphatic carbocycles. The second-order valence-corrected chi connectivity index (χ2v) is 5.34. The van der Waals surface area contributed by atoms with Gasteiger partial charge in [0, 0.05) is 11.1 Å². The second-order valence-electron chi connectivity index (χ2n) is 3.49. The maximum absolute atomic E-state index is 5.82. The van der Waals surface area contributed by atoms with Crippen molar-refractivity contribution in [3.63, 3.8) is 0 Å². The van der Waals surface area contributed by atoms with E-state index in [1.807, 2.05) is 6.20 Å². The smallest absolute Gasteiger partial charge is 0.315 e. The van der Waals surface area contributed by atoms with Crippen molar-refractivity contribution in [3.05, 3.63) is 22.0 Å². The summed E-state index contributed by atoms with van der Waals surface area (Å²) in [5.74, 6) is 0.419. The van der Waals surface area contributed by atoms with Crippen molar-refractivity contribution in [2.24, 2.45) is 0 Å². The summed E-state index contributed by atoms with van der Waals surface area (Å²) in [6.07, 6.45) is 2.90. The van der Waals surface area contributed by atoms with Gasteiger partial charge < -0.3 is 9.73 Å². The number of halogens is 1. The molecule has 1 N–H and O–H groups in total. The van der Waals surface area contributed by atoms with E-state index in [2.05, 4.69) is 27.4 Å². The van der Waals surface area contributed by atoms with Gasteiger partial charge in [0.2, 0.25) is 5.89 Å². The Morgan fingerprint density at radius 2 is 2.35 bits per heavy atom.